The first-order chi connectivity index (χ1) is 8.50. The third-order valence-electron chi connectivity index (χ3n) is 3.16. The molecule has 1 aromatic carbocycles. The molecule has 2 heteroatoms. The van der Waals surface area contributed by atoms with E-state index in [1.807, 2.05) is 0 Å². The third-order valence-corrected chi connectivity index (χ3v) is 3.16. The van der Waals surface area contributed by atoms with Crippen molar-refractivity contribution < 1.29 is 0 Å². The van der Waals surface area contributed by atoms with Crippen molar-refractivity contribution in [2.24, 2.45) is 5.84 Å². The van der Waals surface area contributed by atoms with Gasteiger partial charge >= 0.3 is 0 Å². The Bertz CT molecular complexity index is 410. The van der Waals surface area contributed by atoms with Gasteiger partial charge in [-0.1, -0.05) is 45.0 Å². The van der Waals surface area contributed by atoms with Crippen molar-refractivity contribution in [2.75, 3.05) is 0 Å². The molecule has 0 heterocycles. The van der Waals surface area contributed by atoms with Gasteiger partial charge in [0.25, 0.3) is 0 Å². The first kappa shape index (κ1) is 14.8. The maximum atomic E-state index is 5.70. The van der Waals surface area contributed by atoms with Crippen LogP contribution in [0.2, 0.25) is 0 Å². The fourth-order valence-electron chi connectivity index (χ4n) is 2.22. The standard InChI is InChI=1S/C16H24N2/c1-5-6-7-12-15(18-17)13-10-8-9-11-14(13)16(2,3)4/h1,8-11,15,18H,6-7,12,17H2,2-4H3. The molecule has 0 aliphatic carbocycles. The smallest absolute Gasteiger partial charge is 0.0463 e. The molecule has 0 aliphatic rings. The van der Waals surface area contributed by atoms with E-state index >= 15 is 0 Å². The minimum atomic E-state index is 0.123. The number of rotatable bonds is 5. The summed E-state index contributed by atoms with van der Waals surface area (Å²) in [5.41, 5.74) is 5.67. The molecule has 2 nitrogen and oxygen atoms in total. The number of terminal acetylenes is 1. The Hall–Kier alpha value is -1.30. The summed E-state index contributed by atoms with van der Waals surface area (Å²) in [5, 5.41) is 0. The molecule has 1 rings (SSSR count). The van der Waals surface area contributed by atoms with E-state index in [1.165, 1.54) is 11.1 Å². The van der Waals surface area contributed by atoms with Crippen molar-refractivity contribution in [3.63, 3.8) is 0 Å². The van der Waals surface area contributed by atoms with Gasteiger partial charge in [0.15, 0.2) is 0 Å². The Balaban J connectivity index is 2.95. The van der Waals surface area contributed by atoms with Crippen LogP contribution in [-0.4, -0.2) is 0 Å². The molecule has 18 heavy (non-hydrogen) atoms. The highest BCUT2D eigenvalue weighted by Crippen LogP contribution is 2.31. The lowest BCUT2D eigenvalue weighted by atomic mass is 9.81. The predicted octanol–water partition coefficient (Wildman–Crippen LogP) is 3.29. The number of nitrogens with one attached hydrogen (secondary N) is 1. The maximum absolute atomic E-state index is 5.70. The molecule has 98 valence electrons. The van der Waals surface area contributed by atoms with Gasteiger partial charge in [0, 0.05) is 12.5 Å². The highest BCUT2D eigenvalue weighted by Gasteiger charge is 2.21. The summed E-state index contributed by atoms with van der Waals surface area (Å²) in [4.78, 5) is 0. The van der Waals surface area contributed by atoms with Crippen molar-refractivity contribution in [1.29, 1.82) is 0 Å². The lowest BCUT2D eigenvalue weighted by Gasteiger charge is -2.27. The molecule has 1 atom stereocenters. The largest absolute Gasteiger partial charge is 0.271 e. The molecule has 3 N–H and O–H groups in total. The van der Waals surface area contributed by atoms with Crippen LogP contribution in [0.3, 0.4) is 0 Å². The fraction of sp³-hybridized carbons (Fsp3) is 0.500. The Morgan fingerprint density at radius 1 is 1.33 bits per heavy atom. The van der Waals surface area contributed by atoms with Gasteiger partial charge in [-0.3, -0.25) is 11.3 Å². The van der Waals surface area contributed by atoms with E-state index in [-0.39, 0.29) is 11.5 Å². The zero-order valence-corrected chi connectivity index (χ0v) is 11.7. The highest BCUT2D eigenvalue weighted by atomic mass is 15.2. The van der Waals surface area contributed by atoms with Crippen LogP contribution in [0.1, 0.15) is 57.2 Å². The Morgan fingerprint density at radius 2 is 2.00 bits per heavy atom. The lowest BCUT2D eigenvalue weighted by molar-refractivity contribution is 0.483. The Labute approximate surface area is 111 Å². The van der Waals surface area contributed by atoms with Gasteiger partial charge < -0.3 is 0 Å². The summed E-state index contributed by atoms with van der Waals surface area (Å²) in [6, 6.07) is 8.66. The number of benzene rings is 1. The van der Waals surface area contributed by atoms with E-state index < -0.39 is 0 Å². The van der Waals surface area contributed by atoms with Crippen LogP contribution in [-0.2, 0) is 5.41 Å². The summed E-state index contributed by atoms with van der Waals surface area (Å²) in [7, 11) is 0. The molecule has 0 spiro atoms. The number of hydrazine groups is 1. The summed E-state index contributed by atoms with van der Waals surface area (Å²) >= 11 is 0. The summed E-state index contributed by atoms with van der Waals surface area (Å²) in [6.45, 7) is 6.67. The molecule has 0 aromatic heterocycles. The van der Waals surface area contributed by atoms with Crippen LogP contribution >= 0.6 is 0 Å². The zero-order chi connectivity index (χ0) is 13.6. The predicted molar refractivity (Wildman–Crippen MR) is 77.9 cm³/mol. The van der Waals surface area contributed by atoms with E-state index in [2.05, 4.69) is 56.4 Å². The average Bonchev–Trinajstić information content (AvgIpc) is 2.34. The van der Waals surface area contributed by atoms with Crippen LogP contribution < -0.4 is 11.3 Å². The first-order valence-electron chi connectivity index (χ1n) is 6.49. The van der Waals surface area contributed by atoms with Crippen LogP contribution in [0.15, 0.2) is 24.3 Å². The minimum absolute atomic E-state index is 0.123. The number of hydrogen-bond acceptors (Lipinski definition) is 2. The number of hydrogen-bond donors (Lipinski definition) is 2. The fourth-order valence-corrected chi connectivity index (χ4v) is 2.22. The second-order valence-electron chi connectivity index (χ2n) is 5.65. The molecule has 1 unspecified atom stereocenters. The van der Waals surface area contributed by atoms with Gasteiger partial charge in [-0.05, 0) is 29.4 Å². The van der Waals surface area contributed by atoms with Crippen molar-refractivity contribution in [2.45, 2.75) is 51.5 Å². The normalized spacial score (nSPS) is 13.1. The molecular weight excluding hydrogens is 220 g/mol. The van der Waals surface area contributed by atoms with E-state index in [4.69, 9.17) is 12.3 Å². The minimum Gasteiger partial charge on any atom is -0.271 e. The first-order valence-corrected chi connectivity index (χ1v) is 6.49. The van der Waals surface area contributed by atoms with Crippen LogP contribution in [0, 0.1) is 12.3 Å². The average molecular weight is 244 g/mol. The van der Waals surface area contributed by atoms with Crippen molar-refractivity contribution >= 4 is 0 Å². The second kappa shape index (κ2) is 6.58. The zero-order valence-electron chi connectivity index (χ0n) is 11.7. The second-order valence-corrected chi connectivity index (χ2v) is 5.65. The maximum Gasteiger partial charge on any atom is 0.0463 e. The molecular formula is C16H24N2. The van der Waals surface area contributed by atoms with E-state index in [0.717, 1.165) is 19.3 Å². The molecule has 0 amide bonds. The third kappa shape index (κ3) is 3.87. The van der Waals surface area contributed by atoms with Crippen LogP contribution in [0.4, 0.5) is 0 Å². The SMILES string of the molecule is C#CCCCC(NN)c1ccccc1C(C)(C)C. The summed E-state index contributed by atoms with van der Waals surface area (Å²) in [6.07, 6.45) is 8.05. The molecule has 0 fully saturated rings. The van der Waals surface area contributed by atoms with Crippen LogP contribution in [0.5, 0.6) is 0 Å². The van der Waals surface area contributed by atoms with Crippen molar-refractivity contribution in [1.82, 2.24) is 5.43 Å². The van der Waals surface area contributed by atoms with Crippen LogP contribution in [0.25, 0.3) is 0 Å². The highest BCUT2D eigenvalue weighted by molar-refractivity contribution is 5.35. The van der Waals surface area contributed by atoms with E-state index in [0.29, 0.717) is 0 Å². The number of nitrogens with two attached hydrogens (primary N) is 1. The Morgan fingerprint density at radius 3 is 2.56 bits per heavy atom. The van der Waals surface area contributed by atoms with E-state index in [1.54, 1.807) is 0 Å². The lowest BCUT2D eigenvalue weighted by Crippen LogP contribution is -2.30. The molecule has 0 bridgehead atoms. The van der Waals surface area contributed by atoms with E-state index in [9.17, 15) is 0 Å². The topological polar surface area (TPSA) is 38.0 Å². The summed E-state index contributed by atoms with van der Waals surface area (Å²) < 4.78 is 0. The van der Waals surface area contributed by atoms with Gasteiger partial charge in [0.2, 0.25) is 0 Å². The molecule has 0 radical (unpaired) electrons. The molecule has 0 aliphatic heterocycles. The van der Waals surface area contributed by atoms with Gasteiger partial charge in [-0.2, -0.15) is 0 Å². The molecule has 1 aromatic rings. The van der Waals surface area contributed by atoms with Gasteiger partial charge in [0.05, 0.1) is 0 Å². The quantitative estimate of drug-likeness (QED) is 0.361. The van der Waals surface area contributed by atoms with Gasteiger partial charge in [-0.25, -0.2) is 0 Å². The summed E-state index contributed by atoms with van der Waals surface area (Å²) in [5.74, 6) is 8.37. The van der Waals surface area contributed by atoms with Gasteiger partial charge in [-0.15, -0.1) is 12.3 Å². The molecule has 0 saturated heterocycles. The molecule has 0 saturated carbocycles. The Kier molecular flexibility index (Phi) is 5.40. The van der Waals surface area contributed by atoms with Gasteiger partial charge in [0.1, 0.15) is 0 Å². The monoisotopic (exact) mass is 244 g/mol. The van der Waals surface area contributed by atoms with Crippen molar-refractivity contribution in [3.8, 4) is 12.3 Å². The number of unbranched alkanes of at least 4 members (excludes halogenated alkanes) is 1. The van der Waals surface area contributed by atoms with Crippen molar-refractivity contribution in [3.05, 3.63) is 35.4 Å².